The standard InChI is InChI=1S/C15H22N2O4/c1-20-6-7-21-13-4-2-11(3-5-13)9-17-15(19)14-8-12(18)10-16-14/h2-5,12,14,16,18H,6-10H2,1H3,(H,17,19)/t12-,14+/m0/s1. The van der Waals surface area contributed by atoms with Gasteiger partial charge in [-0.25, -0.2) is 0 Å². The topological polar surface area (TPSA) is 79.8 Å². The van der Waals surface area contributed by atoms with Crippen LogP contribution in [0.25, 0.3) is 0 Å². The van der Waals surface area contributed by atoms with E-state index in [-0.39, 0.29) is 11.9 Å². The second kappa shape index (κ2) is 7.97. The fourth-order valence-corrected chi connectivity index (χ4v) is 2.18. The number of aliphatic hydroxyl groups is 1. The van der Waals surface area contributed by atoms with Crippen molar-refractivity contribution in [1.29, 1.82) is 0 Å². The summed E-state index contributed by atoms with van der Waals surface area (Å²) >= 11 is 0. The van der Waals surface area contributed by atoms with Crippen LogP contribution >= 0.6 is 0 Å². The summed E-state index contributed by atoms with van der Waals surface area (Å²) in [6.07, 6.45) is 0.0438. The van der Waals surface area contributed by atoms with E-state index in [1.807, 2.05) is 24.3 Å². The minimum atomic E-state index is -0.427. The maximum Gasteiger partial charge on any atom is 0.237 e. The van der Waals surface area contributed by atoms with Crippen LogP contribution in [-0.2, 0) is 16.1 Å². The monoisotopic (exact) mass is 294 g/mol. The minimum Gasteiger partial charge on any atom is -0.491 e. The Hall–Kier alpha value is -1.63. The van der Waals surface area contributed by atoms with Crippen molar-refractivity contribution < 1.29 is 19.4 Å². The van der Waals surface area contributed by atoms with Gasteiger partial charge in [-0.2, -0.15) is 0 Å². The molecule has 0 bridgehead atoms. The molecule has 21 heavy (non-hydrogen) atoms. The molecule has 1 aliphatic rings. The first-order valence-corrected chi connectivity index (χ1v) is 7.09. The van der Waals surface area contributed by atoms with Crippen LogP contribution in [0.3, 0.4) is 0 Å². The number of ether oxygens (including phenoxy) is 2. The molecule has 0 spiro atoms. The van der Waals surface area contributed by atoms with Gasteiger partial charge in [0.05, 0.1) is 18.8 Å². The van der Waals surface area contributed by atoms with Crippen LogP contribution in [0.15, 0.2) is 24.3 Å². The first-order valence-electron chi connectivity index (χ1n) is 7.09. The van der Waals surface area contributed by atoms with Crippen molar-refractivity contribution in [3.05, 3.63) is 29.8 Å². The van der Waals surface area contributed by atoms with E-state index < -0.39 is 6.10 Å². The predicted molar refractivity (Wildman–Crippen MR) is 78.1 cm³/mol. The number of benzene rings is 1. The van der Waals surface area contributed by atoms with Crippen molar-refractivity contribution in [1.82, 2.24) is 10.6 Å². The molecule has 1 aromatic carbocycles. The lowest BCUT2D eigenvalue weighted by atomic mass is 10.1. The van der Waals surface area contributed by atoms with E-state index in [9.17, 15) is 9.90 Å². The van der Waals surface area contributed by atoms with Crippen molar-refractivity contribution >= 4 is 5.91 Å². The molecule has 1 heterocycles. The van der Waals surface area contributed by atoms with Gasteiger partial charge < -0.3 is 25.2 Å². The summed E-state index contributed by atoms with van der Waals surface area (Å²) in [6.45, 7) is 2.01. The van der Waals surface area contributed by atoms with Gasteiger partial charge in [-0.15, -0.1) is 0 Å². The molecule has 2 atom stereocenters. The minimum absolute atomic E-state index is 0.0769. The Morgan fingerprint density at radius 3 is 2.76 bits per heavy atom. The highest BCUT2D eigenvalue weighted by Crippen LogP contribution is 2.12. The molecule has 0 radical (unpaired) electrons. The second-order valence-electron chi connectivity index (χ2n) is 5.05. The van der Waals surface area contributed by atoms with Gasteiger partial charge in [0.1, 0.15) is 12.4 Å². The fourth-order valence-electron chi connectivity index (χ4n) is 2.18. The Labute approximate surface area is 124 Å². The SMILES string of the molecule is COCCOc1ccc(CNC(=O)[C@H]2C[C@H](O)CN2)cc1. The number of rotatable bonds is 7. The lowest BCUT2D eigenvalue weighted by Gasteiger charge is -2.11. The molecule has 0 aliphatic carbocycles. The molecule has 6 heteroatoms. The number of hydrogen-bond donors (Lipinski definition) is 3. The summed E-state index contributed by atoms with van der Waals surface area (Å²) in [5.74, 6) is 0.703. The van der Waals surface area contributed by atoms with Gasteiger partial charge in [0.15, 0.2) is 0 Å². The number of carbonyl (C=O) groups excluding carboxylic acids is 1. The van der Waals surface area contributed by atoms with E-state index in [0.29, 0.717) is 32.7 Å². The third kappa shape index (κ3) is 5.00. The molecular weight excluding hydrogens is 272 g/mol. The zero-order chi connectivity index (χ0) is 15.1. The van der Waals surface area contributed by atoms with E-state index >= 15 is 0 Å². The van der Waals surface area contributed by atoms with Gasteiger partial charge in [0, 0.05) is 20.2 Å². The molecule has 3 N–H and O–H groups in total. The van der Waals surface area contributed by atoms with Crippen molar-refractivity contribution in [2.24, 2.45) is 0 Å². The molecule has 0 saturated carbocycles. The third-order valence-electron chi connectivity index (χ3n) is 3.37. The largest absolute Gasteiger partial charge is 0.491 e. The number of β-amino-alcohol motifs (C(OH)–C–C–N with tert-alkyl or cyclic N) is 1. The number of nitrogens with one attached hydrogen (secondary N) is 2. The highest BCUT2D eigenvalue weighted by Gasteiger charge is 2.27. The lowest BCUT2D eigenvalue weighted by Crippen LogP contribution is -2.39. The molecule has 0 unspecified atom stereocenters. The fraction of sp³-hybridized carbons (Fsp3) is 0.533. The zero-order valence-corrected chi connectivity index (χ0v) is 12.2. The highest BCUT2D eigenvalue weighted by molar-refractivity contribution is 5.82. The predicted octanol–water partition coefficient (Wildman–Crippen LogP) is 0.0508. The van der Waals surface area contributed by atoms with Crippen molar-refractivity contribution in [3.63, 3.8) is 0 Å². The summed E-state index contributed by atoms with van der Waals surface area (Å²) in [5, 5.41) is 15.2. The Balaban J connectivity index is 1.74. The Morgan fingerprint density at radius 1 is 1.38 bits per heavy atom. The highest BCUT2D eigenvalue weighted by atomic mass is 16.5. The summed E-state index contributed by atoms with van der Waals surface area (Å²) < 4.78 is 10.4. The smallest absolute Gasteiger partial charge is 0.237 e. The summed E-state index contributed by atoms with van der Waals surface area (Å²) in [7, 11) is 1.63. The van der Waals surface area contributed by atoms with Crippen LogP contribution < -0.4 is 15.4 Å². The number of amides is 1. The van der Waals surface area contributed by atoms with E-state index in [0.717, 1.165) is 11.3 Å². The van der Waals surface area contributed by atoms with Crippen LogP contribution in [0.5, 0.6) is 5.75 Å². The molecule has 116 valence electrons. The average Bonchev–Trinajstić information content (AvgIpc) is 2.93. The van der Waals surface area contributed by atoms with Gasteiger partial charge >= 0.3 is 0 Å². The summed E-state index contributed by atoms with van der Waals surface area (Å²) in [6, 6.07) is 7.28. The number of carbonyl (C=O) groups is 1. The van der Waals surface area contributed by atoms with E-state index in [1.54, 1.807) is 7.11 Å². The molecule has 1 aromatic rings. The van der Waals surface area contributed by atoms with Crippen LogP contribution in [-0.4, -0.2) is 50.0 Å². The Kier molecular flexibility index (Phi) is 5.98. The Morgan fingerprint density at radius 2 is 2.14 bits per heavy atom. The van der Waals surface area contributed by atoms with Gasteiger partial charge in [-0.1, -0.05) is 12.1 Å². The van der Waals surface area contributed by atoms with Gasteiger partial charge in [-0.05, 0) is 24.1 Å². The van der Waals surface area contributed by atoms with Gasteiger partial charge in [0.25, 0.3) is 0 Å². The number of methoxy groups -OCH3 is 1. The normalized spacial score (nSPS) is 21.2. The number of aliphatic hydroxyl groups excluding tert-OH is 1. The maximum absolute atomic E-state index is 11.9. The molecular formula is C15H22N2O4. The third-order valence-corrected chi connectivity index (χ3v) is 3.37. The van der Waals surface area contributed by atoms with Gasteiger partial charge in [-0.3, -0.25) is 4.79 Å². The maximum atomic E-state index is 11.9. The molecule has 2 rings (SSSR count). The van der Waals surface area contributed by atoms with Crippen LogP contribution in [0.1, 0.15) is 12.0 Å². The molecule has 1 amide bonds. The van der Waals surface area contributed by atoms with E-state index in [2.05, 4.69) is 10.6 Å². The Bertz CT molecular complexity index is 449. The van der Waals surface area contributed by atoms with E-state index in [1.165, 1.54) is 0 Å². The molecule has 0 aromatic heterocycles. The first kappa shape index (κ1) is 15.8. The summed E-state index contributed by atoms with van der Waals surface area (Å²) in [4.78, 5) is 11.9. The zero-order valence-electron chi connectivity index (χ0n) is 12.2. The van der Waals surface area contributed by atoms with Crippen molar-refractivity contribution in [3.8, 4) is 5.75 Å². The van der Waals surface area contributed by atoms with Crippen molar-refractivity contribution in [2.45, 2.75) is 25.1 Å². The quantitative estimate of drug-likeness (QED) is 0.619. The number of hydrogen-bond acceptors (Lipinski definition) is 5. The van der Waals surface area contributed by atoms with Gasteiger partial charge in [0.2, 0.25) is 5.91 Å². The van der Waals surface area contributed by atoms with Crippen LogP contribution in [0, 0.1) is 0 Å². The van der Waals surface area contributed by atoms with E-state index in [4.69, 9.17) is 9.47 Å². The van der Waals surface area contributed by atoms with Crippen LogP contribution in [0.4, 0.5) is 0 Å². The first-order chi connectivity index (χ1) is 10.2. The second-order valence-corrected chi connectivity index (χ2v) is 5.05. The molecule has 1 fully saturated rings. The summed E-state index contributed by atoms with van der Waals surface area (Å²) in [5.41, 5.74) is 1.00. The lowest BCUT2D eigenvalue weighted by molar-refractivity contribution is -0.123. The van der Waals surface area contributed by atoms with Crippen LogP contribution in [0.2, 0.25) is 0 Å². The molecule has 6 nitrogen and oxygen atoms in total. The molecule has 1 saturated heterocycles. The van der Waals surface area contributed by atoms with Crippen molar-refractivity contribution in [2.75, 3.05) is 26.9 Å². The average molecular weight is 294 g/mol. The molecule has 1 aliphatic heterocycles.